The fourth-order valence-corrected chi connectivity index (χ4v) is 1.30. The molecule has 1 atom stereocenters. The zero-order chi connectivity index (χ0) is 11.5. The second kappa shape index (κ2) is 9.71. The lowest BCUT2D eigenvalue weighted by Crippen LogP contribution is -2.01. The summed E-state index contributed by atoms with van der Waals surface area (Å²) in [6.07, 6.45) is 7.22. The van der Waals surface area contributed by atoms with Gasteiger partial charge in [0.15, 0.2) is 0 Å². The van der Waals surface area contributed by atoms with E-state index < -0.39 is 0 Å². The highest BCUT2D eigenvalue weighted by molar-refractivity contribution is 5.81. The highest BCUT2D eigenvalue weighted by Crippen LogP contribution is 2.07. The minimum Gasteiger partial charge on any atom is -0.463 e. The van der Waals surface area contributed by atoms with Gasteiger partial charge in [0.2, 0.25) is 0 Å². The molecular formula is C12H22O3. The van der Waals surface area contributed by atoms with E-state index in [1.54, 1.807) is 0 Å². The molecule has 0 spiro atoms. The van der Waals surface area contributed by atoms with Gasteiger partial charge in [-0.05, 0) is 19.8 Å². The van der Waals surface area contributed by atoms with Gasteiger partial charge in [-0.3, -0.25) is 0 Å². The monoisotopic (exact) mass is 214 g/mol. The molecular weight excluding hydrogens is 192 g/mol. The molecule has 1 N–H and O–H groups in total. The average Bonchev–Trinajstić information content (AvgIpc) is 2.21. The van der Waals surface area contributed by atoms with Crippen LogP contribution in [0.15, 0.2) is 12.7 Å². The van der Waals surface area contributed by atoms with Gasteiger partial charge in [-0.2, -0.15) is 0 Å². The van der Waals surface area contributed by atoms with E-state index >= 15 is 0 Å². The van der Waals surface area contributed by atoms with E-state index in [0.29, 0.717) is 6.61 Å². The largest absolute Gasteiger partial charge is 0.463 e. The molecule has 3 nitrogen and oxygen atoms in total. The molecule has 0 saturated carbocycles. The normalized spacial score (nSPS) is 12.1. The first-order valence-corrected chi connectivity index (χ1v) is 5.64. The Bertz CT molecular complexity index is 176. The van der Waals surface area contributed by atoms with E-state index in [1.807, 2.05) is 6.92 Å². The molecule has 0 bridgehead atoms. The third-order valence-electron chi connectivity index (χ3n) is 2.18. The van der Waals surface area contributed by atoms with Crippen molar-refractivity contribution in [2.75, 3.05) is 6.61 Å². The molecule has 0 fully saturated rings. The van der Waals surface area contributed by atoms with Crippen molar-refractivity contribution in [1.82, 2.24) is 0 Å². The lowest BCUT2D eigenvalue weighted by atomic mass is 10.1. The highest BCUT2D eigenvalue weighted by Gasteiger charge is 1.97. The van der Waals surface area contributed by atoms with E-state index in [1.165, 1.54) is 6.08 Å². The Morgan fingerprint density at radius 1 is 1.33 bits per heavy atom. The molecule has 0 aromatic carbocycles. The Balaban J connectivity index is 3.05. The van der Waals surface area contributed by atoms with Crippen molar-refractivity contribution in [3.8, 4) is 0 Å². The summed E-state index contributed by atoms with van der Waals surface area (Å²) in [5.74, 6) is -0.343. The van der Waals surface area contributed by atoms with Crippen LogP contribution in [0.5, 0.6) is 0 Å². The second-order valence-corrected chi connectivity index (χ2v) is 3.78. The fraction of sp³-hybridized carbons (Fsp3) is 0.750. The van der Waals surface area contributed by atoms with Crippen molar-refractivity contribution in [3.63, 3.8) is 0 Å². The maximum atomic E-state index is 10.7. The fourth-order valence-electron chi connectivity index (χ4n) is 1.30. The van der Waals surface area contributed by atoms with Crippen LogP contribution >= 0.6 is 0 Å². The van der Waals surface area contributed by atoms with Crippen LogP contribution in [0, 0.1) is 0 Å². The minimum absolute atomic E-state index is 0.182. The first-order chi connectivity index (χ1) is 7.16. The molecule has 0 radical (unpaired) electrons. The Labute approximate surface area is 92.1 Å². The average molecular weight is 214 g/mol. The van der Waals surface area contributed by atoms with Crippen LogP contribution in [-0.4, -0.2) is 23.8 Å². The van der Waals surface area contributed by atoms with Gasteiger partial charge in [-0.1, -0.05) is 32.3 Å². The van der Waals surface area contributed by atoms with E-state index in [4.69, 9.17) is 9.84 Å². The quantitative estimate of drug-likeness (QED) is 0.364. The van der Waals surface area contributed by atoms with Gasteiger partial charge in [-0.25, -0.2) is 4.79 Å². The first-order valence-electron chi connectivity index (χ1n) is 5.64. The van der Waals surface area contributed by atoms with Crippen molar-refractivity contribution in [2.45, 2.75) is 51.6 Å². The molecule has 0 amide bonds. The van der Waals surface area contributed by atoms with Gasteiger partial charge in [0.25, 0.3) is 0 Å². The van der Waals surface area contributed by atoms with Crippen LogP contribution in [0.3, 0.4) is 0 Å². The number of esters is 1. The molecule has 0 rings (SSSR count). The number of hydrogen-bond donors (Lipinski definition) is 1. The SMILES string of the molecule is C=CC(=O)OCCCCCCCC(C)O. The summed E-state index contributed by atoms with van der Waals surface area (Å²) in [6, 6.07) is 0. The summed E-state index contributed by atoms with van der Waals surface area (Å²) in [5, 5.41) is 9.01. The van der Waals surface area contributed by atoms with Gasteiger partial charge in [0.05, 0.1) is 12.7 Å². The van der Waals surface area contributed by atoms with Crippen molar-refractivity contribution in [3.05, 3.63) is 12.7 Å². The van der Waals surface area contributed by atoms with E-state index in [0.717, 1.165) is 38.5 Å². The number of carbonyl (C=O) groups is 1. The summed E-state index contributed by atoms with van der Waals surface area (Å²) < 4.78 is 4.84. The predicted molar refractivity (Wildman–Crippen MR) is 60.5 cm³/mol. The number of unbranched alkanes of at least 4 members (excludes halogenated alkanes) is 4. The molecule has 0 aliphatic carbocycles. The third-order valence-corrected chi connectivity index (χ3v) is 2.18. The van der Waals surface area contributed by atoms with Crippen molar-refractivity contribution < 1.29 is 14.6 Å². The van der Waals surface area contributed by atoms with Crippen molar-refractivity contribution in [2.24, 2.45) is 0 Å². The smallest absolute Gasteiger partial charge is 0.330 e. The van der Waals surface area contributed by atoms with Gasteiger partial charge in [0.1, 0.15) is 0 Å². The molecule has 0 saturated heterocycles. The molecule has 3 heteroatoms. The van der Waals surface area contributed by atoms with Crippen molar-refractivity contribution >= 4 is 5.97 Å². The molecule has 0 aromatic rings. The number of ether oxygens (including phenoxy) is 1. The lowest BCUT2D eigenvalue weighted by Gasteiger charge is -2.04. The van der Waals surface area contributed by atoms with E-state index in [2.05, 4.69) is 6.58 Å². The van der Waals surface area contributed by atoms with Crippen LogP contribution in [0.25, 0.3) is 0 Å². The Morgan fingerprint density at radius 2 is 1.93 bits per heavy atom. The maximum Gasteiger partial charge on any atom is 0.330 e. The lowest BCUT2D eigenvalue weighted by molar-refractivity contribution is -0.137. The molecule has 0 heterocycles. The number of aliphatic hydroxyl groups excluding tert-OH is 1. The summed E-state index contributed by atoms with van der Waals surface area (Å²) >= 11 is 0. The molecule has 1 unspecified atom stereocenters. The Hall–Kier alpha value is -0.830. The molecule has 0 aliphatic heterocycles. The van der Waals surface area contributed by atoms with Gasteiger partial charge in [0, 0.05) is 6.08 Å². The Morgan fingerprint density at radius 3 is 2.53 bits per heavy atom. The maximum absolute atomic E-state index is 10.7. The Kier molecular flexibility index (Phi) is 9.18. The number of hydrogen-bond acceptors (Lipinski definition) is 3. The first kappa shape index (κ1) is 14.2. The minimum atomic E-state index is -0.343. The van der Waals surface area contributed by atoms with Gasteiger partial charge < -0.3 is 9.84 Å². The van der Waals surface area contributed by atoms with Crippen molar-refractivity contribution in [1.29, 1.82) is 0 Å². The van der Waals surface area contributed by atoms with Gasteiger partial charge >= 0.3 is 5.97 Å². The second-order valence-electron chi connectivity index (χ2n) is 3.78. The highest BCUT2D eigenvalue weighted by atomic mass is 16.5. The third kappa shape index (κ3) is 11.1. The van der Waals surface area contributed by atoms with Crippen LogP contribution in [0.4, 0.5) is 0 Å². The van der Waals surface area contributed by atoms with Crippen LogP contribution in [-0.2, 0) is 9.53 Å². The van der Waals surface area contributed by atoms with E-state index in [-0.39, 0.29) is 12.1 Å². The van der Waals surface area contributed by atoms with E-state index in [9.17, 15) is 4.79 Å². The van der Waals surface area contributed by atoms with Crippen LogP contribution in [0.1, 0.15) is 45.4 Å². The number of aliphatic hydroxyl groups is 1. The van der Waals surface area contributed by atoms with Crippen LogP contribution < -0.4 is 0 Å². The summed E-state index contributed by atoms with van der Waals surface area (Å²) in [5.41, 5.74) is 0. The standard InChI is InChI=1S/C12H22O3/c1-3-12(14)15-10-8-6-4-5-7-9-11(2)13/h3,11,13H,1,4-10H2,2H3. The summed E-state index contributed by atoms with van der Waals surface area (Å²) in [6.45, 7) is 5.62. The molecule has 0 aromatic heterocycles. The number of rotatable bonds is 9. The van der Waals surface area contributed by atoms with Gasteiger partial charge in [-0.15, -0.1) is 0 Å². The molecule has 0 aliphatic rings. The zero-order valence-corrected chi connectivity index (χ0v) is 9.58. The zero-order valence-electron chi connectivity index (χ0n) is 9.58. The summed E-state index contributed by atoms with van der Waals surface area (Å²) in [4.78, 5) is 10.7. The molecule has 15 heavy (non-hydrogen) atoms. The number of carbonyl (C=O) groups excluding carboxylic acids is 1. The molecule has 88 valence electrons. The summed E-state index contributed by atoms with van der Waals surface area (Å²) in [7, 11) is 0. The predicted octanol–water partition coefficient (Wildman–Crippen LogP) is 2.44. The topological polar surface area (TPSA) is 46.5 Å². The van der Waals surface area contributed by atoms with Crippen LogP contribution in [0.2, 0.25) is 0 Å².